The molecule has 0 bridgehead atoms. The van der Waals surface area contributed by atoms with E-state index in [-0.39, 0.29) is 43.6 Å². The summed E-state index contributed by atoms with van der Waals surface area (Å²) in [6.07, 6.45) is 1.65. The molecule has 0 aliphatic heterocycles. The van der Waals surface area contributed by atoms with Gasteiger partial charge in [0, 0.05) is 22.3 Å². The van der Waals surface area contributed by atoms with Gasteiger partial charge in [-0.05, 0) is 24.6 Å². The number of methoxy groups -OCH3 is 1. The van der Waals surface area contributed by atoms with Gasteiger partial charge in [-0.1, -0.05) is 30.1 Å². The van der Waals surface area contributed by atoms with E-state index in [1.807, 2.05) is 0 Å². The molecule has 0 amide bonds. The van der Waals surface area contributed by atoms with E-state index in [1.165, 1.54) is 37.6 Å². The summed E-state index contributed by atoms with van der Waals surface area (Å²) >= 11 is 11.7. The Morgan fingerprint density at radius 1 is 1.04 bits per heavy atom. The summed E-state index contributed by atoms with van der Waals surface area (Å²) in [5.41, 5.74) is 0.240. The number of nitrogens with one attached hydrogen (secondary N) is 1. The molecule has 0 atom stereocenters. The molecule has 0 aliphatic carbocycles. The fourth-order valence-corrected chi connectivity index (χ4v) is 5.24. The predicted molar refractivity (Wildman–Crippen MR) is 104 cm³/mol. The molecule has 0 aliphatic rings. The van der Waals surface area contributed by atoms with Gasteiger partial charge in [0.1, 0.15) is 5.75 Å². The predicted octanol–water partition coefficient (Wildman–Crippen LogP) is 3.06. The molecule has 0 fully saturated rings. The first-order chi connectivity index (χ1) is 12.6. The molecule has 0 spiro atoms. The molecule has 1 aromatic carbocycles. The molecular weight excluding hydrogens is 435 g/mol. The first-order valence-electron chi connectivity index (χ1n) is 7.80. The van der Waals surface area contributed by atoms with E-state index in [4.69, 9.17) is 27.9 Å². The zero-order valence-electron chi connectivity index (χ0n) is 14.6. The van der Waals surface area contributed by atoms with E-state index in [2.05, 4.69) is 9.71 Å². The zero-order chi connectivity index (χ0) is 20.2. The zero-order valence-corrected chi connectivity index (χ0v) is 17.7. The van der Waals surface area contributed by atoms with E-state index in [9.17, 15) is 16.8 Å². The van der Waals surface area contributed by atoms with Crippen LogP contribution in [0.3, 0.4) is 0 Å². The van der Waals surface area contributed by atoms with Gasteiger partial charge >= 0.3 is 0 Å². The van der Waals surface area contributed by atoms with Crippen LogP contribution in [0.4, 0.5) is 0 Å². The number of hydrogen-bond donors (Lipinski definition) is 1. The number of nitrogens with zero attached hydrogens (tertiary/aromatic N) is 1. The lowest BCUT2D eigenvalue weighted by Gasteiger charge is -2.12. The molecular formula is C16H18Cl2N2O5S2. The highest BCUT2D eigenvalue weighted by molar-refractivity contribution is 7.91. The molecule has 0 radical (unpaired) electrons. The van der Waals surface area contributed by atoms with E-state index in [1.54, 1.807) is 6.92 Å². The number of sulfonamides is 1. The van der Waals surface area contributed by atoms with Gasteiger partial charge < -0.3 is 4.74 Å². The average Bonchev–Trinajstić information content (AvgIpc) is 2.59. The highest BCUT2D eigenvalue weighted by Crippen LogP contribution is 2.24. The highest BCUT2D eigenvalue weighted by atomic mass is 35.5. The van der Waals surface area contributed by atoms with Gasteiger partial charge in [0.15, 0.2) is 9.84 Å². The van der Waals surface area contributed by atoms with Gasteiger partial charge in [-0.15, -0.1) is 0 Å². The lowest BCUT2D eigenvalue weighted by molar-refractivity contribution is 0.404. The minimum absolute atomic E-state index is 0.0145. The van der Waals surface area contributed by atoms with Crippen molar-refractivity contribution >= 4 is 43.1 Å². The molecule has 11 heteroatoms. The normalized spacial score (nSPS) is 12.1. The smallest absolute Gasteiger partial charge is 0.241 e. The maximum Gasteiger partial charge on any atom is 0.241 e. The van der Waals surface area contributed by atoms with Crippen LogP contribution < -0.4 is 9.46 Å². The van der Waals surface area contributed by atoms with Crippen molar-refractivity contribution in [2.75, 3.05) is 12.9 Å². The average molecular weight is 453 g/mol. The van der Waals surface area contributed by atoms with Crippen LogP contribution in [-0.4, -0.2) is 34.7 Å². The number of halogens is 2. The Morgan fingerprint density at radius 2 is 1.67 bits per heavy atom. The molecule has 0 saturated heterocycles. The van der Waals surface area contributed by atoms with Crippen molar-refractivity contribution in [3.63, 3.8) is 0 Å². The summed E-state index contributed by atoms with van der Waals surface area (Å²) in [4.78, 5) is 3.97. The van der Waals surface area contributed by atoms with Crippen molar-refractivity contribution in [1.29, 1.82) is 0 Å². The molecule has 2 rings (SSSR count). The molecule has 2 aromatic rings. The minimum atomic E-state index is -3.91. The lowest BCUT2D eigenvalue weighted by atomic mass is 10.3. The fraction of sp³-hybridized carbons (Fsp3) is 0.312. The molecule has 7 nitrogen and oxygen atoms in total. The first-order valence-corrected chi connectivity index (χ1v) is 11.7. The number of aromatic nitrogens is 1. The first kappa shape index (κ1) is 21.9. The van der Waals surface area contributed by atoms with E-state index in [0.29, 0.717) is 6.42 Å². The van der Waals surface area contributed by atoms with Crippen molar-refractivity contribution in [3.8, 4) is 5.75 Å². The largest absolute Gasteiger partial charge is 0.495 e. The van der Waals surface area contributed by atoms with Crippen LogP contribution in [0.1, 0.15) is 19.0 Å². The van der Waals surface area contributed by atoms with Gasteiger partial charge in [0.2, 0.25) is 10.0 Å². The Hall–Kier alpha value is -1.39. The van der Waals surface area contributed by atoms with Gasteiger partial charge in [-0.2, -0.15) is 0 Å². The summed E-state index contributed by atoms with van der Waals surface area (Å²) < 4.78 is 56.7. The van der Waals surface area contributed by atoms with Gasteiger partial charge in [-0.25, -0.2) is 21.6 Å². The van der Waals surface area contributed by atoms with Crippen molar-refractivity contribution < 1.29 is 21.6 Å². The van der Waals surface area contributed by atoms with Gasteiger partial charge in [0.05, 0.1) is 34.9 Å². The molecule has 1 heterocycles. The SMILES string of the molecule is CCCS(=O)(=O)c1cnc(CNS(=O)(=O)c2cc(Cl)cc(Cl)c2)c(OC)c1. The number of rotatable bonds is 8. The number of ether oxygens (including phenoxy) is 1. The number of sulfone groups is 1. The van der Waals surface area contributed by atoms with Gasteiger partial charge in [-0.3, -0.25) is 4.98 Å². The summed E-state index contributed by atoms with van der Waals surface area (Å²) in [5.74, 6) is 0.151. The van der Waals surface area contributed by atoms with Crippen LogP contribution in [0.25, 0.3) is 0 Å². The maximum atomic E-state index is 12.4. The quantitative estimate of drug-likeness (QED) is 0.659. The van der Waals surface area contributed by atoms with Crippen molar-refractivity contribution in [2.45, 2.75) is 29.7 Å². The van der Waals surface area contributed by atoms with Crippen molar-refractivity contribution in [2.24, 2.45) is 0 Å². The monoisotopic (exact) mass is 452 g/mol. The second-order valence-corrected chi connectivity index (χ2v) is 10.3. The van der Waals surface area contributed by atoms with Crippen LogP contribution in [0, 0.1) is 0 Å². The van der Waals surface area contributed by atoms with Gasteiger partial charge in [0.25, 0.3) is 0 Å². The Bertz CT molecular complexity index is 1020. The minimum Gasteiger partial charge on any atom is -0.495 e. The lowest BCUT2D eigenvalue weighted by Crippen LogP contribution is -2.24. The topological polar surface area (TPSA) is 102 Å². The van der Waals surface area contributed by atoms with Crippen molar-refractivity contribution in [3.05, 3.63) is 46.2 Å². The van der Waals surface area contributed by atoms with Crippen LogP contribution in [0.5, 0.6) is 5.75 Å². The number of hydrogen-bond acceptors (Lipinski definition) is 6. The number of pyridine rings is 1. The molecule has 0 saturated carbocycles. The second kappa shape index (κ2) is 8.74. The Balaban J connectivity index is 2.27. The highest BCUT2D eigenvalue weighted by Gasteiger charge is 2.20. The molecule has 27 heavy (non-hydrogen) atoms. The Morgan fingerprint density at radius 3 is 2.22 bits per heavy atom. The summed E-state index contributed by atoms with van der Waals surface area (Å²) in [6, 6.07) is 5.28. The summed E-state index contributed by atoms with van der Waals surface area (Å²) in [7, 11) is -6.03. The standard InChI is InChI=1S/C16H18Cl2N2O5S2/c1-3-4-26(21,22)14-8-16(25-2)15(19-9-14)10-20-27(23,24)13-6-11(17)5-12(18)7-13/h5-9,20H,3-4,10H2,1-2H3. The van der Waals surface area contributed by atoms with E-state index in [0.717, 1.165) is 0 Å². The van der Waals surface area contributed by atoms with Crippen LogP contribution in [-0.2, 0) is 26.4 Å². The molecule has 1 aromatic heterocycles. The van der Waals surface area contributed by atoms with Crippen LogP contribution >= 0.6 is 23.2 Å². The third-order valence-electron chi connectivity index (χ3n) is 3.53. The van der Waals surface area contributed by atoms with Crippen molar-refractivity contribution in [1.82, 2.24) is 9.71 Å². The maximum absolute atomic E-state index is 12.4. The second-order valence-electron chi connectivity index (χ2n) is 5.57. The summed E-state index contributed by atoms with van der Waals surface area (Å²) in [5, 5.41) is 0.369. The molecule has 148 valence electrons. The third kappa shape index (κ3) is 5.55. The summed E-state index contributed by atoms with van der Waals surface area (Å²) in [6.45, 7) is 1.55. The molecule has 0 unspecified atom stereocenters. The third-order valence-corrected chi connectivity index (χ3v) is 7.24. The fourth-order valence-electron chi connectivity index (χ4n) is 2.25. The number of benzene rings is 1. The Labute approximate surface area is 168 Å². The van der Waals surface area contributed by atoms with Crippen LogP contribution in [0.2, 0.25) is 10.0 Å². The Kier molecular flexibility index (Phi) is 7.09. The molecule has 1 N–H and O–H groups in total. The van der Waals surface area contributed by atoms with E-state index < -0.39 is 19.9 Å². The van der Waals surface area contributed by atoms with E-state index >= 15 is 0 Å². The van der Waals surface area contributed by atoms with Crippen LogP contribution in [0.15, 0.2) is 40.3 Å².